The topological polar surface area (TPSA) is 66.8 Å². The van der Waals surface area contributed by atoms with Gasteiger partial charge in [-0.15, -0.1) is 0 Å². The zero-order valence-corrected chi connectivity index (χ0v) is 12.3. The van der Waals surface area contributed by atoms with Gasteiger partial charge in [-0.2, -0.15) is 0 Å². The van der Waals surface area contributed by atoms with Gasteiger partial charge in [0.1, 0.15) is 12.4 Å². The maximum absolute atomic E-state index is 10.7. The van der Waals surface area contributed by atoms with Crippen LogP contribution in [0.3, 0.4) is 0 Å². The van der Waals surface area contributed by atoms with Gasteiger partial charge in [-0.25, -0.2) is 4.79 Å². The lowest BCUT2D eigenvalue weighted by molar-refractivity contribution is -0.146. The summed E-state index contributed by atoms with van der Waals surface area (Å²) in [5.41, 5.74) is 1.16. The van der Waals surface area contributed by atoms with E-state index in [1.54, 1.807) is 30.3 Å². The van der Waals surface area contributed by atoms with Crippen LogP contribution in [0.25, 0.3) is 0 Å². The second-order valence-electron chi connectivity index (χ2n) is 4.35. The summed E-state index contributed by atoms with van der Waals surface area (Å²) in [5, 5.41) is 19.0. The van der Waals surface area contributed by atoms with E-state index in [1.165, 1.54) is 12.1 Å². The van der Waals surface area contributed by atoms with Crippen LogP contribution in [0, 0.1) is 0 Å². The van der Waals surface area contributed by atoms with E-state index < -0.39 is 12.1 Å². The molecule has 0 bridgehead atoms. The van der Waals surface area contributed by atoms with Crippen molar-refractivity contribution < 1.29 is 19.7 Å². The molecule has 1 atom stereocenters. The standard InChI is InChI=1S/C15H12Cl2O4/c16-12-6-1-9(7-13(12)17)8-21-11-4-2-10(3-5-11)14(18)15(19)20/h1-7,14,18H,8H2,(H,19,20). The third kappa shape index (κ3) is 4.11. The summed E-state index contributed by atoms with van der Waals surface area (Å²) in [7, 11) is 0. The molecular formula is C15H12Cl2O4. The quantitative estimate of drug-likeness (QED) is 0.879. The molecule has 0 aliphatic carbocycles. The highest BCUT2D eigenvalue weighted by atomic mass is 35.5. The van der Waals surface area contributed by atoms with Crippen LogP contribution in [0.2, 0.25) is 10.0 Å². The van der Waals surface area contributed by atoms with E-state index in [4.69, 9.17) is 33.0 Å². The minimum atomic E-state index is -1.53. The number of hydrogen-bond acceptors (Lipinski definition) is 3. The highest BCUT2D eigenvalue weighted by Gasteiger charge is 2.15. The molecule has 4 nitrogen and oxygen atoms in total. The van der Waals surface area contributed by atoms with Gasteiger partial charge in [-0.1, -0.05) is 41.4 Å². The monoisotopic (exact) mass is 326 g/mol. The predicted molar refractivity (Wildman–Crippen MR) is 79.8 cm³/mol. The molecule has 0 saturated carbocycles. The van der Waals surface area contributed by atoms with Gasteiger partial charge in [0, 0.05) is 0 Å². The summed E-state index contributed by atoms with van der Waals surface area (Å²) in [6, 6.07) is 11.4. The molecule has 0 spiro atoms. The Morgan fingerprint density at radius 1 is 1.10 bits per heavy atom. The molecule has 0 amide bonds. The van der Waals surface area contributed by atoms with E-state index in [0.717, 1.165) is 5.56 Å². The Morgan fingerprint density at radius 3 is 2.33 bits per heavy atom. The van der Waals surface area contributed by atoms with E-state index in [9.17, 15) is 9.90 Å². The van der Waals surface area contributed by atoms with E-state index >= 15 is 0 Å². The van der Waals surface area contributed by atoms with Crippen LogP contribution in [0.1, 0.15) is 17.2 Å². The molecule has 21 heavy (non-hydrogen) atoms. The first-order valence-corrected chi connectivity index (χ1v) is 6.80. The lowest BCUT2D eigenvalue weighted by Crippen LogP contribution is -2.10. The Hall–Kier alpha value is -1.75. The summed E-state index contributed by atoms with van der Waals surface area (Å²) in [4.78, 5) is 10.7. The Balaban J connectivity index is 2.00. The summed E-state index contributed by atoms with van der Waals surface area (Å²) >= 11 is 11.7. The van der Waals surface area contributed by atoms with Gasteiger partial charge in [0.25, 0.3) is 0 Å². The van der Waals surface area contributed by atoms with E-state index in [2.05, 4.69) is 0 Å². The van der Waals surface area contributed by atoms with E-state index in [0.29, 0.717) is 28.0 Å². The predicted octanol–water partition coefficient (Wildman–Crippen LogP) is 3.69. The number of carbonyl (C=O) groups is 1. The number of aliphatic hydroxyl groups is 1. The highest BCUT2D eigenvalue weighted by Crippen LogP contribution is 2.24. The van der Waals surface area contributed by atoms with Gasteiger partial charge in [0.2, 0.25) is 0 Å². The zero-order valence-electron chi connectivity index (χ0n) is 10.8. The van der Waals surface area contributed by atoms with Crippen molar-refractivity contribution in [3.63, 3.8) is 0 Å². The van der Waals surface area contributed by atoms with Crippen molar-refractivity contribution in [2.75, 3.05) is 0 Å². The Morgan fingerprint density at radius 2 is 1.76 bits per heavy atom. The minimum Gasteiger partial charge on any atom is -0.489 e. The Bertz CT molecular complexity index is 641. The maximum Gasteiger partial charge on any atom is 0.337 e. The van der Waals surface area contributed by atoms with E-state index in [-0.39, 0.29) is 0 Å². The van der Waals surface area contributed by atoms with Crippen molar-refractivity contribution >= 4 is 29.2 Å². The fraction of sp³-hybridized carbons (Fsp3) is 0.133. The molecule has 0 aromatic heterocycles. The molecule has 0 radical (unpaired) electrons. The number of benzene rings is 2. The van der Waals surface area contributed by atoms with Crippen molar-refractivity contribution in [2.45, 2.75) is 12.7 Å². The molecule has 6 heteroatoms. The van der Waals surface area contributed by atoms with Gasteiger partial charge in [-0.3, -0.25) is 0 Å². The smallest absolute Gasteiger partial charge is 0.337 e. The molecule has 0 heterocycles. The molecule has 2 N–H and O–H groups in total. The molecule has 0 fully saturated rings. The number of ether oxygens (including phenoxy) is 1. The molecule has 2 rings (SSSR count). The molecule has 0 aliphatic heterocycles. The normalized spacial score (nSPS) is 12.0. The number of halogens is 2. The fourth-order valence-corrected chi connectivity index (χ4v) is 2.01. The summed E-state index contributed by atoms with van der Waals surface area (Å²) in [6.07, 6.45) is -1.53. The summed E-state index contributed by atoms with van der Waals surface area (Å²) in [5.74, 6) is -0.734. The van der Waals surface area contributed by atoms with Crippen molar-refractivity contribution in [3.8, 4) is 5.75 Å². The van der Waals surface area contributed by atoms with Crippen molar-refractivity contribution in [1.82, 2.24) is 0 Å². The molecule has 2 aromatic rings. The number of rotatable bonds is 5. The lowest BCUT2D eigenvalue weighted by Gasteiger charge is -2.09. The summed E-state index contributed by atoms with van der Waals surface area (Å²) < 4.78 is 5.55. The molecule has 2 aromatic carbocycles. The van der Waals surface area contributed by atoms with Crippen LogP contribution < -0.4 is 4.74 Å². The first-order chi connectivity index (χ1) is 9.97. The fourth-order valence-electron chi connectivity index (χ4n) is 1.69. The minimum absolute atomic E-state index is 0.296. The van der Waals surface area contributed by atoms with Crippen LogP contribution >= 0.6 is 23.2 Å². The van der Waals surface area contributed by atoms with Gasteiger partial charge in [0.15, 0.2) is 6.10 Å². The Kier molecular flexibility index (Phi) is 5.07. The molecule has 0 saturated heterocycles. The SMILES string of the molecule is O=C(O)C(O)c1ccc(OCc2ccc(Cl)c(Cl)c2)cc1. The first kappa shape index (κ1) is 15.6. The van der Waals surface area contributed by atoms with Crippen molar-refractivity contribution in [3.05, 3.63) is 63.6 Å². The van der Waals surface area contributed by atoms with Gasteiger partial charge in [-0.05, 0) is 35.4 Å². The van der Waals surface area contributed by atoms with E-state index in [1.807, 2.05) is 0 Å². The largest absolute Gasteiger partial charge is 0.489 e. The number of hydrogen-bond donors (Lipinski definition) is 2. The average Bonchev–Trinajstić information content (AvgIpc) is 2.48. The third-order valence-corrected chi connectivity index (χ3v) is 3.56. The maximum atomic E-state index is 10.7. The average molecular weight is 327 g/mol. The van der Waals surface area contributed by atoms with Gasteiger partial charge < -0.3 is 14.9 Å². The lowest BCUT2D eigenvalue weighted by atomic mass is 10.1. The van der Waals surface area contributed by atoms with Crippen LogP contribution in [0.4, 0.5) is 0 Å². The summed E-state index contributed by atoms with van der Waals surface area (Å²) in [6.45, 7) is 0.303. The van der Waals surface area contributed by atoms with Crippen molar-refractivity contribution in [2.24, 2.45) is 0 Å². The number of aliphatic hydroxyl groups excluding tert-OH is 1. The van der Waals surface area contributed by atoms with Crippen molar-refractivity contribution in [1.29, 1.82) is 0 Å². The van der Waals surface area contributed by atoms with Crippen LogP contribution in [0.5, 0.6) is 5.75 Å². The molecular weight excluding hydrogens is 315 g/mol. The molecule has 1 unspecified atom stereocenters. The van der Waals surface area contributed by atoms with Gasteiger partial charge >= 0.3 is 5.97 Å². The highest BCUT2D eigenvalue weighted by molar-refractivity contribution is 6.42. The first-order valence-electron chi connectivity index (χ1n) is 6.05. The number of carboxylic acids is 1. The molecule has 110 valence electrons. The number of aliphatic carboxylic acids is 1. The molecule has 0 aliphatic rings. The Labute approximate surface area is 131 Å². The number of carboxylic acid groups (broad SMARTS) is 1. The second kappa shape index (κ2) is 6.80. The zero-order chi connectivity index (χ0) is 15.4. The van der Waals surface area contributed by atoms with Crippen LogP contribution in [-0.4, -0.2) is 16.2 Å². The van der Waals surface area contributed by atoms with Crippen LogP contribution in [0.15, 0.2) is 42.5 Å². The second-order valence-corrected chi connectivity index (χ2v) is 5.16. The van der Waals surface area contributed by atoms with Crippen LogP contribution in [-0.2, 0) is 11.4 Å². The third-order valence-electron chi connectivity index (χ3n) is 2.82. The van der Waals surface area contributed by atoms with Gasteiger partial charge in [0.05, 0.1) is 10.0 Å².